The minimum Gasteiger partial charge on any atom is -0.459 e. The third kappa shape index (κ3) is 2.64. The highest BCUT2D eigenvalue weighted by Gasteiger charge is 2.48. The maximum absolute atomic E-state index is 12.7. The third-order valence-corrected chi connectivity index (χ3v) is 5.70. The van der Waals surface area contributed by atoms with Gasteiger partial charge in [0.15, 0.2) is 11.6 Å². The van der Waals surface area contributed by atoms with Crippen LogP contribution in [0.2, 0.25) is 0 Å². The number of furan rings is 1. The van der Waals surface area contributed by atoms with E-state index in [0.717, 1.165) is 25.1 Å². The van der Waals surface area contributed by atoms with Crippen LogP contribution in [0.3, 0.4) is 0 Å². The molecule has 134 valence electrons. The summed E-state index contributed by atoms with van der Waals surface area (Å²) in [4.78, 5) is 16.7. The fourth-order valence-electron chi connectivity index (χ4n) is 4.17. The zero-order valence-corrected chi connectivity index (χ0v) is 14.8. The van der Waals surface area contributed by atoms with Gasteiger partial charge in [0.2, 0.25) is 0 Å². The van der Waals surface area contributed by atoms with Gasteiger partial charge in [0.1, 0.15) is 5.54 Å². The molecule has 1 unspecified atom stereocenters. The van der Waals surface area contributed by atoms with Crippen molar-refractivity contribution in [1.29, 1.82) is 0 Å². The van der Waals surface area contributed by atoms with Crippen molar-refractivity contribution in [3.05, 3.63) is 30.0 Å². The van der Waals surface area contributed by atoms with Gasteiger partial charge in [0, 0.05) is 13.1 Å². The van der Waals surface area contributed by atoms with Crippen LogP contribution in [0.15, 0.2) is 22.8 Å². The second-order valence-corrected chi connectivity index (χ2v) is 7.27. The Bertz CT molecular complexity index is 734. The fraction of sp³-hybridized carbons (Fsp3) is 0.647. The molecule has 1 saturated heterocycles. The zero-order chi connectivity index (χ0) is 17.4. The molecule has 0 radical (unpaired) electrons. The first-order chi connectivity index (χ1) is 12.1. The molecule has 0 bridgehead atoms. The molecule has 1 aliphatic heterocycles. The van der Waals surface area contributed by atoms with Crippen molar-refractivity contribution in [3.8, 4) is 0 Å². The quantitative estimate of drug-likeness (QED) is 0.839. The van der Waals surface area contributed by atoms with E-state index in [2.05, 4.69) is 20.4 Å². The average Bonchev–Trinajstić information content (AvgIpc) is 3.42. The SMILES string of the molecule is CN(C)C1(c2nnnn2C2CCCC2)CCN(C(=O)c2ccco2)C1. The molecule has 0 aromatic carbocycles. The number of amides is 1. The fourth-order valence-corrected chi connectivity index (χ4v) is 4.17. The first kappa shape index (κ1) is 16.3. The van der Waals surface area contributed by atoms with Gasteiger partial charge in [-0.25, -0.2) is 4.68 Å². The van der Waals surface area contributed by atoms with Crippen LogP contribution in [-0.2, 0) is 5.54 Å². The number of carbonyl (C=O) groups excluding carboxylic acids is 1. The minimum absolute atomic E-state index is 0.0754. The molecule has 2 aromatic heterocycles. The Hall–Kier alpha value is -2.22. The number of likely N-dealkylation sites (tertiary alicyclic amines) is 1. The van der Waals surface area contributed by atoms with Crippen molar-refractivity contribution < 1.29 is 9.21 Å². The van der Waals surface area contributed by atoms with Gasteiger partial charge in [-0.3, -0.25) is 9.69 Å². The summed E-state index contributed by atoms with van der Waals surface area (Å²) in [5.41, 5.74) is -0.367. The standard InChI is InChI=1S/C17H24N6O2/c1-21(2)17(16-18-19-20-23(16)13-6-3-4-7-13)9-10-22(12-17)15(24)14-8-5-11-25-14/h5,8,11,13H,3-4,6-7,9-10,12H2,1-2H3. The molecule has 25 heavy (non-hydrogen) atoms. The second-order valence-electron chi connectivity index (χ2n) is 7.27. The number of likely N-dealkylation sites (N-methyl/N-ethyl adjacent to an activating group) is 1. The molecule has 0 N–H and O–H groups in total. The van der Waals surface area contributed by atoms with Crippen LogP contribution in [0.4, 0.5) is 0 Å². The summed E-state index contributed by atoms with van der Waals surface area (Å²) in [5, 5.41) is 12.7. The summed E-state index contributed by atoms with van der Waals surface area (Å²) in [7, 11) is 4.07. The first-order valence-electron chi connectivity index (χ1n) is 8.90. The largest absolute Gasteiger partial charge is 0.459 e. The lowest BCUT2D eigenvalue weighted by Gasteiger charge is -2.35. The zero-order valence-electron chi connectivity index (χ0n) is 14.8. The second kappa shape index (κ2) is 6.25. The predicted molar refractivity (Wildman–Crippen MR) is 89.9 cm³/mol. The lowest BCUT2D eigenvalue weighted by Crippen LogP contribution is -2.47. The number of tetrazole rings is 1. The smallest absolute Gasteiger partial charge is 0.289 e. The number of carbonyl (C=O) groups is 1. The third-order valence-electron chi connectivity index (χ3n) is 5.70. The molecule has 2 aliphatic rings. The van der Waals surface area contributed by atoms with Crippen molar-refractivity contribution >= 4 is 5.91 Å². The molecule has 2 fully saturated rings. The summed E-state index contributed by atoms with van der Waals surface area (Å²) in [6, 6.07) is 3.82. The maximum Gasteiger partial charge on any atom is 0.289 e. The van der Waals surface area contributed by atoms with E-state index in [-0.39, 0.29) is 11.4 Å². The molecule has 1 amide bonds. The Morgan fingerprint density at radius 2 is 2.16 bits per heavy atom. The number of nitrogens with zero attached hydrogens (tertiary/aromatic N) is 6. The van der Waals surface area contributed by atoms with E-state index in [1.807, 2.05) is 23.7 Å². The van der Waals surface area contributed by atoms with Crippen LogP contribution in [0.1, 0.15) is 54.5 Å². The molecule has 3 heterocycles. The number of hydrogen-bond donors (Lipinski definition) is 0. The molecule has 0 spiro atoms. The van der Waals surface area contributed by atoms with E-state index in [4.69, 9.17) is 4.42 Å². The van der Waals surface area contributed by atoms with Crippen molar-refractivity contribution in [2.24, 2.45) is 0 Å². The normalized spacial score (nSPS) is 24.5. The van der Waals surface area contributed by atoms with Crippen molar-refractivity contribution in [2.75, 3.05) is 27.2 Å². The molecule has 1 aliphatic carbocycles. The topological polar surface area (TPSA) is 80.3 Å². The van der Waals surface area contributed by atoms with Gasteiger partial charge >= 0.3 is 0 Å². The first-order valence-corrected chi connectivity index (χ1v) is 8.90. The number of rotatable bonds is 4. The van der Waals surface area contributed by atoms with Gasteiger partial charge in [-0.15, -0.1) is 5.10 Å². The van der Waals surface area contributed by atoms with Crippen LogP contribution >= 0.6 is 0 Å². The van der Waals surface area contributed by atoms with Gasteiger partial charge in [0.05, 0.1) is 12.3 Å². The lowest BCUT2D eigenvalue weighted by atomic mass is 9.95. The summed E-state index contributed by atoms with van der Waals surface area (Å²) >= 11 is 0. The molecule has 1 saturated carbocycles. The summed E-state index contributed by atoms with van der Waals surface area (Å²) in [6.07, 6.45) is 7.03. The summed E-state index contributed by atoms with van der Waals surface area (Å²) in [6.45, 7) is 1.22. The summed E-state index contributed by atoms with van der Waals surface area (Å²) in [5.74, 6) is 1.18. The van der Waals surface area contributed by atoms with E-state index in [1.54, 1.807) is 12.1 Å². The highest BCUT2D eigenvalue weighted by molar-refractivity contribution is 5.91. The van der Waals surface area contributed by atoms with E-state index in [0.29, 0.717) is 24.9 Å². The van der Waals surface area contributed by atoms with E-state index in [1.165, 1.54) is 19.1 Å². The Kier molecular flexibility index (Phi) is 4.07. The molecule has 2 aromatic rings. The Balaban J connectivity index is 1.64. The highest BCUT2D eigenvalue weighted by atomic mass is 16.3. The molecule has 8 nitrogen and oxygen atoms in total. The Labute approximate surface area is 146 Å². The van der Waals surface area contributed by atoms with Crippen LogP contribution in [0, 0.1) is 0 Å². The molecule has 8 heteroatoms. The van der Waals surface area contributed by atoms with E-state index < -0.39 is 0 Å². The highest BCUT2D eigenvalue weighted by Crippen LogP contribution is 2.38. The molecular weight excluding hydrogens is 320 g/mol. The van der Waals surface area contributed by atoms with Gasteiger partial charge in [0.25, 0.3) is 5.91 Å². The van der Waals surface area contributed by atoms with Crippen LogP contribution in [0.25, 0.3) is 0 Å². The van der Waals surface area contributed by atoms with Crippen LogP contribution < -0.4 is 0 Å². The number of hydrogen-bond acceptors (Lipinski definition) is 6. The van der Waals surface area contributed by atoms with Crippen molar-refractivity contribution in [3.63, 3.8) is 0 Å². The molecule has 4 rings (SSSR count). The predicted octanol–water partition coefficient (Wildman–Crippen LogP) is 1.68. The van der Waals surface area contributed by atoms with Gasteiger partial charge < -0.3 is 9.32 Å². The Morgan fingerprint density at radius 1 is 1.36 bits per heavy atom. The number of aromatic nitrogens is 4. The Morgan fingerprint density at radius 3 is 2.84 bits per heavy atom. The van der Waals surface area contributed by atoms with Crippen LogP contribution in [-0.4, -0.2) is 63.1 Å². The van der Waals surface area contributed by atoms with Crippen molar-refractivity contribution in [1.82, 2.24) is 30.0 Å². The maximum atomic E-state index is 12.7. The average molecular weight is 344 g/mol. The lowest BCUT2D eigenvalue weighted by molar-refractivity contribution is 0.0707. The summed E-state index contributed by atoms with van der Waals surface area (Å²) < 4.78 is 7.29. The molecular formula is C17H24N6O2. The van der Waals surface area contributed by atoms with E-state index >= 15 is 0 Å². The van der Waals surface area contributed by atoms with E-state index in [9.17, 15) is 4.79 Å². The molecule has 1 atom stereocenters. The minimum atomic E-state index is -0.367. The van der Waals surface area contributed by atoms with Crippen LogP contribution in [0.5, 0.6) is 0 Å². The monoisotopic (exact) mass is 344 g/mol. The van der Waals surface area contributed by atoms with Crippen molar-refractivity contribution in [2.45, 2.75) is 43.7 Å². The van der Waals surface area contributed by atoms with Gasteiger partial charge in [-0.1, -0.05) is 12.8 Å². The van der Waals surface area contributed by atoms with Gasteiger partial charge in [-0.2, -0.15) is 0 Å². The van der Waals surface area contributed by atoms with Gasteiger partial charge in [-0.05, 0) is 55.9 Å².